The Hall–Kier alpha value is -1.76. The lowest BCUT2D eigenvalue weighted by Gasteiger charge is -2.19. The summed E-state index contributed by atoms with van der Waals surface area (Å²) in [4.78, 5) is 0. The molecule has 1 aromatic carbocycles. The predicted octanol–water partition coefficient (Wildman–Crippen LogP) is 0.977. The van der Waals surface area contributed by atoms with E-state index in [0.717, 1.165) is 5.22 Å². The highest BCUT2D eigenvalue weighted by Crippen LogP contribution is 2.16. The summed E-state index contributed by atoms with van der Waals surface area (Å²) in [7, 11) is 0. The molecule has 0 aromatic heterocycles. The maximum atomic E-state index is 5.48. The van der Waals surface area contributed by atoms with E-state index in [9.17, 15) is 0 Å². The van der Waals surface area contributed by atoms with E-state index in [2.05, 4.69) is 18.4 Å². The molecule has 1 heterocycles. The number of hydrogen-bond donors (Lipinski definition) is 0. The molecule has 1 nitrogen and oxygen atoms in total. The minimum absolute atomic E-state index is 0.0508. The molecule has 0 fully saturated rings. The molecule has 0 saturated carbocycles. The molecule has 1 aliphatic carbocycles. The minimum Gasteiger partial charge on any atom is -0.477 e. The summed E-state index contributed by atoms with van der Waals surface area (Å²) in [6.07, 6.45) is 11.2. The molecule has 1 atom stereocenters. The summed E-state index contributed by atoms with van der Waals surface area (Å²) in [5, 5.41) is 2.27. The third-order valence-electron chi connectivity index (χ3n) is 2.51. The Kier molecular flexibility index (Phi) is 1.57. The second-order valence-electron chi connectivity index (χ2n) is 3.39. The Bertz CT molecular complexity index is 535. The number of ether oxygens (including phenoxy) is 1. The molecule has 1 unspecified atom stereocenters. The molecule has 1 aromatic rings. The molecule has 0 saturated heterocycles. The van der Waals surface area contributed by atoms with Crippen LogP contribution >= 0.6 is 0 Å². The monoisotopic (exact) mass is 181 g/mol. The lowest BCUT2D eigenvalue weighted by Crippen LogP contribution is -2.35. The van der Waals surface area contributed by atoms with Gasteiger partial charge in [-0.1, -0.05) is 42.5 Å². The summed E-state index contributed by atoms with van der Waals surface area (Å²) in [5.41, 5.74) is 1.22. The van der Waals surface area contributed by atoms with Gasteiger partial charge in [0.05, 0.1) is 0 Å². The van der Waals surface area contributed by atoms with Gasteiger partial charge >= 0.3 is 0 Å². The molecule has 0 amide bonds. The van der Waals surface area contributed by atoms with E-state index >= 15 is 0 Å². The van der Waals surface area contributed by atoms with Crippen molar-refractivity contribution in [1.82, 2.24) is 0 Å². The molecule has 3 rings (SSSR count). The van der Waals surface area contributed by atoms with Crippen molar-refractivity contribution in [2.75, 3.05) is 0 Å². The third kappa shape index (κ3) is 1.02. The molecule has 0 bridgehead atoms. The van der Waals surface area contributed by atoms with E-state index in [1.165, 1.54) is 10.8 Å². The van der Waals surface area contributed by atoms with Crippen molar-refractivity contribution in [3.8, 4) is 0 Å². The second kappa shape index (κ2) is 2.88. The summed E-state index contributed by atoms with van der Waals surface area (Å²) in [6.45, 7) is 0. The van der Waals surface area contributed by atoms with Gasteiger partial charge in [-0.25, -0.2) is 0 Å². The largest absolute Gasteiger partial charge is 0.477 e. The number of benzene rings is 1. The van der Waals surface area contributed by atoms with Crippen molar-refractivity contribution in [2.24, 2.45) is 0 Å². The average molecular weight is 181 g/mol. The zero-order valence-electron chi connectivity index (χ0n) is 7.60. The topological polar surface area (TPSA) is 9.23 Å². The first-order valence-corrected chi connectivity index (χ1v) is 4.68. The molecule has 14 heavy (non-hydrogen) atoms. The second-order valence-corrected chi connectivity index (χ2v) is 3.39. The highest BCUT2D eigenvalue weighted by atomic mass is 16.5. The van der Waals surface area contributed by atoms with Gasteiger partial charge < -0.3 is 4.74 Å². The standard InChI is InChI=1S/C13H9O/c1-2-6-11-10(5-1)9-14-13-8-4-3-7-12(11)13/h1-8,13H. The number of rotatable bonds is 0. The maximum Gasteiger partial charge on any atom is 0.171 e. The first-order valence-electron chi connectivity index (χ1n) is 4.68. The van der Waals surface area contributed by atoms with Crippen LogP contribution in [0.1, 0.15) is 0 Å². The van der Waals surface area contributed by atoms with Crippen LogP contribution in [0.25, 0.3) is 11.8 Å². The Morgan fingerprint density at radius 3 is 3.07 bits per heavy atom. The van der Waals surface area contributed by atoms with E-state index in [1.807, 2.05) is 36.4 Å². The average Bonchev–Trinajstić information content (AvgIpc) is 2.29. The highest BCUT2D eigenvalue weighted by molar-refractivity contribution is 5.67. The fourth-order valence-corrected chi connectivity index (χ4v) is 1.82. The number of fused-ring (bicyclic) bond motifs is 2. The third-order valence-corrected chi connectivity index (χ3v) is 2.51. The van der Waals surface area contributed by atoms with Crippen molar-refractivity contribution in [3.63, 3.8) is 0 Å². The normalized spacial score (nSPS) is 22.0. The quantitative estimate of drug-likeness (QED) is 0.579. The molecule has 1 aliphatic heterocycles. The molecular formula is C13H9O. The lowest BCUT2D eigenvalue weighted by atomic mass is 9.99. The van der Waals surface area contributed by atoms with Gasteiger partial charge in [0, 0.05) is 10.8 Å². The van der Waals surface area contributed by atoms with Gasteiger partial charge in [-0.3, -0.25) is 0 Å². The SMILES string of the molecule is [C]1=c2ccccc2=C2C=CC=CC2O1. The molecular weight excluding hydrogens is 172 g/mol. The molecule has 67 valence electrons. The van der Waals surface area contributed by atoms with Crippen LogP contribution in [0.15, 0.2) is 48.6 Å². The molecule has 0 N–H and O–H groups in total. The molecule has 0 spiro atoms. The van der Waals surface area contributed by atoms with Crippen molar-refractivity contribution < 1.29 is 4.74 Å². The van der Waals surface area contributed by atoms with Gasteiger partial charge in [0.2, 0.25) is 0 Å². The minimum atomic E-state index is 0.0508. The van der Waals surface area contributed by atoms with Gasteiger partial charge in [-0.05, 0) is 11.3 Å². The lowest BCUT2D eigenvalue weighted by molar-refractivity contribution is 0.275. The fraction of sp³-hybridized carbons (Fsp3) is 0.0769. The van der Waals surface area contributed by atoms with Crippen molar-refractivity contribution in [1.29, 1.82) is 0 Å². The molecule has 1 radical (unpaired) electrons. The van der Waals surface area contributed by atoms with Crippen LogP contribution in [0.3, 0.4) is 0 Å². The Morgan fingerprint density at radius 2 is 2.07 bits per heavy atom. The molecule has 1 heteroatoms. The van der Waals surface area contributed by atoms with Gasteiger partial charge in [0.1, 0.15) is 6.10 Å². The highest BCUT2D eigenvalue weighted by Gasteiger charge is 2.15. The maximum absolute atomic E-state index is 5.48. The first kappa shape index (κ1) is 7.63. The zero-order chi connectivity index (χ0) is 9.38. The summed E-state index contributed by atoms with van der Waals surface area (Å²) in [5.74, 6) is 0. The molecule has 2 aliphatic rings. The first-order chi connectivity index (χ1) is 6.95. The van der Waals surface area contributed by atoms with Gasteiger partial charge in [0.25, 0.3) is 0 Å². The van der Waals surface area contributed by atoms with Crippen LogP contribution in [-0.4, -0.2) is 6.10 Å². The van der Waals surface area contributed by atoms with Crippen LogP contribution in [0.5, 0.6) is 0 Å². The van der Waals surface area contributed by atoms with E-state index < -0.39 is 0 Å². The van der Waals surface area contributed by atoms with Crippen molar-refractivity contribution in [3.05, 3.63) is 59.0 Å². The van der Waals surface area contributed by atoms with Gasteiger partial charge in [-0.15, -0.1) is 0 Å². The van der Waals surface area contributed by atoms with Gasteiger partial charge in [0.15, 0.2) is 6.26 Å². The number of hydrogen-bond acceptors (Lipinski definition) is 1. The van der Waals surface area contributed by atoms with E-state index in [4.69, 9.17) is 4.74 Å². The summed E-state index contributed by atoms with van der Waals surface area (Å²) < 4.78 is 5.48. The Balaban J connectivity index is 2.40. The summed E-state index contributed by atoms with van der Waals surface area (Å²) in [6, 6.07) is 8.17. The van der Waals surface area contributed by atoms with E-state index in [-0.39, 0.29) is 6.10 Å². The van der Waals surface area contributed by atoms with E-state index in [1.54, 1.807) is 0 Å². The van der Waals surface area contributed by atoms with Crippen LogP contribution < -0.4 is 10.4 Å². The van der Waals surface area contributed by atoms with Gasteiger partial charge in [-0.2, -0.15) is 0 Å². The zero-order valence-corrected chi connectivity index (χ0v) is 7.60. The predicted molar refractivity (Wildman–Crippen MR) is 55.7 cm³/mol. The van der Waals surface area contributed by atoms with Crippen LogP contribution in [-0.2, 0) is 4.74 Å². The van der Waals surface area contributed by atoms with Crippen molar-refractivity contribution in [2.45, 2.75) is 6.10 Å². The Labute approximate surface area is 82.3 Å². The number of allylic oxidation sites excluding steroid dienone is 2. The van der Waals surface area contributed by atoms with Crippen LogP contribution in [0.4, 0.5) is 0 Å². The summed E-state index contributed by atoms with van der Waals surface area (Å²) >= 11 is 0. The van der Waals surface area contributed by atoms with Crippen LogP contribution in [0, 0.1) is 0 Å². The smallest absolute Gasteiger partial charge is 0.171 e. The van der Waals surface area contributed by atoms with Crippen molar-refractivity contribution >= 4 is 11.8 Å². The van der Waals surface area contributed by atoms with Crippen LogP contribution in [0.2, 0.25) is 0 Å². The van der Waals surface area contributed by atoms with E-state index in [0.29, 0.717) is 0 Å². The fourth-order valence-electron chi connectivity index (χ4n) is 1.82. The Morgan fingerprint density at radius 1 is 1.14 bits per heavy atom.